The molecule has 3 nitrogen and oxygen atoms in total. The van der Waals surface area contributed by atoms with Crippen molar-refractivity contribution < 1.29 is 4.74 Å². The van der Waals surface area contributed by atoms with Crippen LogP contribution in [0.4, 0.5) is 0 Å². The molecule has 0 radical (unpaired) electrons. The van der Waals surface area contributed by atoms with Gasteiger partial charge in [0.1, 0.15) is 5.75 Å². The lowest BCUT2D eigenvalue weighted by molar-refractivity contribution is 0.306. The number of benzene rings is 1. The van der Waals surface area contributed by atoms with Crippen molar-refractivity contribution in [3.05, 3.63) is 36.2 Å². The lowest BCUT2D eigenvalue weighted by Crippen LogP contribution is -1.96. The predicted molar refractivity (Wildman–Crippen MR) is 83.4 cm³/mol. The Morgan fingerprint density at radius 2 is 2.05 bits per heavy atom. The van der Waals surface area contributed by atoms with E-state index in [2.05, 4.69) is 41.2 Å². The Morgan fingerprint density at radius 3 is 2.90 bits per heavy atom. The number of hydrogen-bond donors (Lipinski definition) is 1. The molecule has 0 bridgehead atoms. The third-order valence-electron chi connectivity index (χ3n) is 3.70. The van der Waals surface area contributed by atoms with Crippen LogP contribution in [0, 0.1) is 6.92 Å². The first-order valence-corrected chi connectivity index (χ1v) is 7.29. The summed E-state index contributed by atoms with van der Waals surface area (Å²) in [4.78, 5) is 7.78. The molecule has 20 heavy (non-hydrogen) atoms. The molecule has 0 saturated heterocycles. The summed E-state index contributed by atoms with van der Waals surface area (Å²) in [7, 11) is 0. The molecule has 2 aromatic heterocycles. The molecule has 104 valence electrons. The van der Waals surface area contributed by atoms with E-state index < -0.39 is 0 Å². The van der Waals surface area contributed by atoms with E-state index in [1.165, 1.54) is 23.6 Å². The van der Waals surface area contributed by atoms with Gasteiger partial charge in [-0.1, -0.05) is 19.8 Å². The minimum atomic E-state index is 0.792. The fourth-order valence-corrected chi connectivity index (χ4v) is 2.58. The lowest BCUT2D eigenvalue weighted by Gasteiger charge is -2.05. The maximum Gasteiger partial charge on any atom is 0.121 e. The van der Waals surface area contributed by atoms with Crippen molar-refractivity contribution in [2.45, 2.75) is 33.1 Å². The SMILES string of the molecule is CCCCCOc1ccc2c(c1)[nH]c1c(C)nccc12. The molecule has 3 rings (SSSR count). The minimum Gasteiger partial charge on any atom is -0.494 e. The zero-order valence-electron chi connectivity index (χ0n) is 12.1. The number of pyridine rings is 1. The summed E-state index contributed by atoms with van der Waals surface area (Å²) in [6, 6.07) is 8.32. The fraction of sp³-hybridized carbons (Fsp3) is 0.353. The highest BCUT2D eigenvalue weighted by molar-refractivity contribution is 6.08. The molecule has 0 aliphatic rings. The van der Waals surface area contributed by atoms with Crippen molar-refractivity contribution in [1.29, 1.82) is 0 Å². The molecular formula is C17H20N2O. The van der Waals surface area contributed by atoms with Crippen LogP contribution in [0.2, 0.25) is 0 Å². The number of hydrogen-bond acceptors (Lipinski definition) is 2. The quantitative estimate of drug-likeness (QED) is 0.687. The molecule has 0 atom stereocenters. The van der Waals surface area contributed by atoms with Crippen LogP contribution >= 0.6 is 0 Å². The van der Waals surface area contributed by atoms with Gasteiger partial charge >= 0.3 is 0 Å². The first-order valence-electron chi connectivity index (χ1n) is 7.29. The number of rotatable bonds is 5. The maximum atomic E-state index is 5.81. The number of H-pyrrole nitrogens is 1. The Balaban J connectivity index is 1.91. The predicted octanol–water partition coefficient (Wildman–Crippen LogP) is 4.59. The van der Waals surface area contributed by atoms with E-state index in [4.69, 9.17) is 4.74 Å². The lowest BCUT2D eigenvalue weighted by atomic mass is 10.1. The number of ether oxygens (including phenoxy) is 1. The van der Waals surface area contributed by atoms with E-state index in [-0.39, 0.29) is 0 Å². The fourth-order valence-electron chi connectivity index (χ4n) is 2.58. The van der Waals surface area contributed by atoms with Gasteiger partial charge in [-0.15, -0.1) is 0 Å². The van der Waals surface area contributed by atoms with E-state index >= 15 is 0 Å². The van der Waals surface area contributed by atoms with Crippen LogP contribution in [0.1, 0.15) is 31.9 Å². The van der Waals surface area contributed by atoms with E-state index in [9.17, 15) is 0 Å². The minimum absolute atomic E-state index is 0.792. The monoisotopic (exact) mass is 268 g/mol. The molecule has 0 aliphatic carbocycles. The summed E-state index contributed by atoms with van der Waals surface area (Å²) >= 11 is 0. The topological polar surface area (TPSA) is 37.9 Å². The summed E-state index contributed by atoms with van der Waals surface area (Å²) in [5, 5.41) is 2.46. The van der Waals surface area contributed by atoms with Crippen molar-refractivity contribution in [3.8, 4) is 5.75 Å². The highest BCUT2D eigenvalue weighted by atomic mass is 16.5. The van der Waals surface area contributed by atoms with Gasteiger partial charge in [0.15, 0.2) is 0 Å². The standard InChI is InChI=1S/C17H20N2O/c1-3-4-5-10-20-13-6-7-14-15-8-9-18-12(2)17(15)19-16(14)11-13/h6-9,11,19H,3-5,10H2,1-2H3. The Labute approximate surface area is 119 Å². The second-order valence-electron chi connectivity index (χ2n) is 5.21. The summed E-state index contributed by atoms with van der Waals surface area (Å²) < 4.78 is 5.81. The second kappa shape index (κ2) is 5.53. The van der Waals surface area contributed by atoms with Crippen LogP contribution in [0.15, 0.2) is 30.5 Å². The Kier molecular flexibility index (Phi) is 3.59. The molecule has 0 aliphatic heterocycles. The maximum absolute atomic E-state index is 5.81. The van der Waals surface area contributed by atoms with Crippen molar-refractivity contribution in [2.75, 3.05) is 6.61 Å². The molecule has 2 heterocycles. The van der Waals surface area contributed by atoms with E-state index in [0.29, 0.717) is 0 Å². The molecule has 0 amide bonds. The van der Waals surface area contributed by atoms with Gasteiger partial charge in [-0.25, -0.2) is 0 Å². The van der Waals surface area contributed by atoms with Crippen LogP contribution in [0.5, 0.6) is 5.75 Å². The highest BCUT2D eigenvalue weighted by Crippen LogP contribution is 2.29. The van der Waals surface area contributed by atoms with Gasteiger partial charge in [-0.05, 0) is 31.5 Å². The average Bonchev–Trinajstić information content (AvgIpc) is 2.83. The molecule has 3 aromatic rings. The van der Waals surface area contributed by atoms with Gasteiger partial charge in [0, 0.05) is 23.0 Å². The number of fused-ring (bicyclic) bond motifs is 3. The number of aromatic nitrogens is 2. The van der Waals surface area contributed by atoms with Crippen molar-refractivity contribution >= 4 is 21.8 Å². The summed E-state index contributed by atoms with van der Waals surface area (Å²) in [5.74, 6) is 0.936. The van der Waals surface area contributed by atoms with Crippen molar-refractivity contribution in [2.24, 2.45) is 0 Å². The average molecular weight is 268 g/mol. The summed E-state index contributed by atoms with van der Waals surface area (Å²) in [6.45, 7) is 5.02. The smallest absolute Gasteiger partial charge is 0.121 e. The molecule has 0 unspecified atom stereocenters. The first-order chi connectivity index (χ1) is 9.79. The molecule has 0 saturated carbocycles. The van der Waals surface area contributed by atoms with E-state index in [1.807, 2.05) is 13.1 Å². The van der Waals surface area contributed by atoms with Gasteiger partial charge in [0.2, 0.25) is 0 Å². The highest BCUT2D eigenvalue weighted by Gasteiger charge is 2.07. The second-order valence-corrected chi connectivity index (χ2v) is 5.21. The van der Waals surface area contributed by atoms with Gasteiger partial charge in [0.25, 0.3) is 0 Å². The zero-order valence-corrected chi connectivity index (χ0v) is 12.1. The zero-order chi connectivity index (χ0) is 13.9. The van der Waals surface area contributed by atoms with Gasteiger partial charge in [-0.2, -0.15) is 0 Å². The number of nitrogens with one attached hydrogen (secondary N) is 1. The van der Waals surface area contributed by atoms with E-state index in [1.54, 1.807) is 0 Å². The molecule has 0 spiro atoms. The molecular weight excluding hydrogens is 248 g/mol. The molecule has 0 fully saturated rings. The van der Waals surface area contributed by atoms with Crippen LogP contribution in [-0.2, 0) is 0 Å². The Bertz CT molecular complexity index is 730. The molecule has 1 N–H and O–H groups in total. The number of aromatic amines is 1. The third kappa shape index (κ3) is 2.36. The normalized spacial score (nSPS) is 11.3. The summed E-state index contributed by atoms with van der Waals surface area (Å²) in [5.41, 5.74) is 3.26. The van der Waals surface area contributed by atoms with Crippen LogP contribution in [0.25, 0.3) is 21.8 Å². The third-order valence-corrected chi connectivity index (χ3v) is 3.70. The van der Waals surface area contributed by atoms with Crippen LogP contribution in [-0.4, -0.2) is 16.6 Å². The Morgan fingerprint density at radius 1 is 1.15 bits per heavy atom. The van der Waals surface area contributed by atoms with Gasteiger partial charge in [-0.3, -0.25) is 4.98 Å². The van der Waals surface area contributed by atoms with Crippen molar-refractivity contribution in [3.63, 3.8) is 0 Å². The summed E-state index contributed by atoms with van der Waals surface area (Å²) in [6.07, 6.45) is 5.42. The number of unbranched alkanes of at least 4 members (excludes halogenated alkanes) is 2. The van der Waals surface area contributed by atoms with E-state index in [0.717, 1.165) is 35.5 Å². The largest absolute Gasteiger partial charge is 0.494 e. The van der Waals surface area contributed by atoms with Gasteiger partial charge in [0.05, 0.1) is 23.3 Å². The van der Waals surface area contributed by atoms with Crippen molar-refractivity contribution in [1.82, 2.24) is 9.97 Å². The Hall–Kier alpha value is -2.03. The first kappa shape index (κ1) is 13.0. The molecule has 3 heteroatoms. The number of aryl methyl sites for hydroxylation is 1. The number of nitrogens with zero attached hydrogens (tertiary/aromatic N) is 1. The van der Waals surface area contributed by atoms with Gasteiger partial charge < -0.3 is 9.72 Å². The van der Waals surface area contributed by atoms with Crippen LogP contribution < -0.4 is 4.74 Å². The van der Waals surface area contributed by atoms with Crippen LogP contribution in [0.3, 0.4) is 0 Å². The molecule has 1 aromatic carbocycles.